The Labute approximate surface area is 62.3 Å². The fourth-order valence-electron chi connectivity index (χ4n) is 0.750. The van der Waals surface area contributed by atoms with E-state index >= 15 is 0 Å². The van der Waals surface area contributed by atoms with Crippen LogP contribution in [0.4, 0.5) is 0 Å². The lowest BCUT2D eigenvalue weighted by molar-refractivity contribution is 0.628. The van der Waals surface area contributed by atoms with Gasteiger partial charge in [0.25, 0.3) is 0 Å². The maximum atomic E-state index is 9.90. The summed E-state index contributed by atoms with van der Waals surface area (Å²) >= 11 is 0. The molecule has 0 rings (SSSR count). The van der Waals surface area contributed by atoms with E-state index in [0.29, 0.717) is 0 Å². The van der Waals surface area contributed by atoms with Gasteiger partial charge >= 0.3 is 0 Å². The van der Waals surface area contributed by atoms with Crippen LogP contribution >= 0.6 is 0 Å². The summed E-state index contributed by atoms with van der Waals surface area (Å²) in [5, 5.41) is 2.91. The predicted molar refractivity (Wildman–Crippen MR) is 43.9 cm³/mol. The second-order valence-electron chi connectivity index (χ2n) is 2.45. The third kappa shape index (κ3) is 5.48. The molecule has 58 valence electrons. The molecule has 0 aliphatic rings. The molecule has 0 N–H and O–H groups in total. The van der Waals surface area contributed by atoms with E-state index in [0.717, 1.165) is 19.3 Å². The lowest BCUT2D eigenvalue weighted by Crippen LogP contribution is -1.94. The van der Waals surface area contributed by atoms with Crippen LogP contribution in [0.3, 0.4) is 0 Å². The Hall–Kier alpha value is -0.660. The minimum atomic E-state index is -0.00902. The molecule has 1 atom stereocenters. The van der Waals surface area contributed by atoms with Crippen LogP contribution in [-0.4, -0.2) is 6.04 Å². The Morgan fingerprint density at radius 1 is 1.60 bits per heavy atom. The first kappa shape index (κ1) is 9.34. The van der Waals surface area contributed by atoms with E-state index in [4.69, 9.17) is 0 Å². The molecule has 0 aliphatic heterocycles. The molecule has 0 bridgehead atoms. The molecule has 2 nitrogen and oxygen atoms in total. The van der Waals surface area contributed by atoms with Crippen molar-refractivity contribution in [1.29, 1.82) is 0 Å². The van der Waals surface area contributed by atoms with Crippen molar-refractivity contribution in [3.8, 4) is 0 Å². The van der Waals surface area contributed by atoms with Crippen LogP contribution in [0.15, 0.2) is 17.3 Å². The van der Waals surface area contributed by atoms with Gasteiger partial charge in [0, 0.05) is 0 Å². The van der Waals surface area contributed by atoms with Crippen LogP contribution in [0.2, 0.25) is 0 Å². The summed E-state index contributed by atoms with van der Waals surface area (Å²) in [4.78, 5) is 9.90. The average molecular weight is 141 g/mol. The first-order chi connectivity index (χ1) is 4.81. The summed E-state index contributed by atoms with van der Waals surface area (Å²) in [6, 6.07) is -0.00902. The summed E-state index contributed by atoms with van der Waals surface area (Å²) in [6.07, 6.45) is 7.18. The first-order valence-electron chi connectivity index (χ1n) is 3.75. The van der Waals surface area contributed by atoms with Crippen LogP contribution in [0.5, 0.6) is 0 Å². The van der Waals surface area contributed by atoms with E-state index in [9.17, 15) is 4.91 Å². The van der Waals surface area contributed by atoms with E-state index in [-0.39, 0.29) is 6.04 Å². The van der Waals surface area contributed by atoms with Crippen molar-refractivity contribution in [3.63, 3.8) is 0 Å². The molecule has 0 aromatic carbocycles. The van der Waals surface area contributed by atoms with E-state index in [1.54, 1.807) is 0 Å². The summed E-state index contributed by atoms with van der Waals surface area (Å²) in [5.74, 6) is 0. The predicted octanol–water partition coefficient (Wildman–Crippen LogP) is 2.89. The van der Waals surface area contributed by atoms with Gasteiger partial charge in [-0.15, -0.1) is 0 Å². The third-order valence-corrected chi connectivity index (χ3v) is 1.41. The Bertz CT molecular complexity index is 110. The number of hydrogen-bond acceptors (Lipinski definition) is 2. The van der Waals surface area contributed by atoms with Crippen molar-refractivity contribution in [3.05, 3.63) is 17.1 Å². The summed E-state index contributed by atoms with van der Waals surface area (Å²) in [7, 11) is 0. The summed E-state index contributed by atoms with van der Waals surface area (Å²) in [5.41, 5.74) is 0. The highest BCUT2D eigenvalue weighted by atomic mass is 16.3. The van der Waals surface area contributed by atoms with Crippen LogP contribution in [0, 0.1) is 4.91 Å². The zero-order valence-corrected chi connectivity index (χ0v) is 6.71. The standard InChI is InChI=1S/C8H15NO/c1-3-4-5-6-7-8(2)9-10/h3-4,8H,5-7H2,1-2H3/b4-3-. The van der Waals surface area contributed by atoms with Gasteiger partial charge in [-0.2, -0.15) is 4.91 Å². The van der Waals surface area contributed by atoms with Gasteiger partial charge in [0.2, 0.25) is 0 Å². The highest BCUT2D eigenvalue weighted by Gasteiger charge is 1.97. The van der Waals surface area contributed by atoms with Crippen molar-refractivity contribution < 1.29 is 0 Å². The molecular formula is C8H15NO. The maximum Gasteiger partial charge on any atom is 0.0891 e. The summed E-state index contributed by atoms with van der Waals surface area (Å²) < 4.78 is 0. The Balaban J connectivity index is 3.11. The highest BCUT2D eigenvalue weighted by Crippen LogP contribution is 2.03. The minimum absolute atomic E-state index is 0.00902. The van der Waals surface area contributed by atoms with Gasteiger partial charge in [0.1, 0.15) is 0 Å². The van der Waals surface area contributed by atoms with Gasteiger partial charge in [-0.1, -0.05) is 17.3 Å². The molecule has 0 aromatic rings. The number of nitroso groups, excluding NO2 is 1. The van der Waals surface area contributed by atoms with Gasteiger partial charge < -0.3 is 0 Å². The van der Waals surface area contributed by atoms with Gasteiger partial charge in [0.15, 0.2) is 0 Å². The number of hydrogen-bond donors (Lipinski definition) is 0. The normalized spacial score (nSPS) is 13.8. The number of unbranched alkanes of at least 4 members (excludes halogenated alkanes) is 1. The van der Waals surface area contributed by atoms with Gasteiger partial charge in [0.05, 0.1) is 6.04 Å². The summed E-state index contributed by atoms with van der Waals surface area (Å²) in [6.45, 7) is 3.85. The quantitative estimate of drug-likeness (QED) is 0.329. The molecule has 1 unspecified atom stereocenters. The number of allylic oxidation sites excluding steroid dienone is 2. The molecule has 0 aliphatic carbocycles. The lowest BCUT2D eigenvalue weighted by atomic mass is 10.1. The fraction of sp³-hybridized carbons (Fsp3) is 0.750. The van der Waals surface area contributed by atoms with Crippen LogP contribution in [0.1, 0.15) is 33.1 Å². The zero-order chi connectivity index (χ0) is 7.82. The van der Waals surface area contributed by atoms with Crippen molar-refractivity contribution >= 4 is 0 Å². The van der Waals surface area contributed by atoms with Crippen molar-refractivity contribution in [2.45, 2.75) is 39.2 Å². The largest absolute Gasteiger partial charge is 0.151 e. The second-order valence-corrected chi connectivity index (χ2v) is 2.45. The number of rotatable bonds is 5. The fourth-order valence-corrected chi connectivity index (χ4v) is 0.750. The maximum absolute atomic E-state index is 9.90. The van der Waals surface area contributed by atoms with Gasteiger partial charge in [-0.3, -0.25) is 0 Å². The van der Waals surface area contributed by atoms with Crippen LogP contribution in [0.25, 0.3) is 0 Å². The molecule has 0 radical (unpaired) electrons. The molecule has 0 amide bonds. The van der Waals surface area contributed by atoms with Gasteiger partial charge in [-0.25, -0.2) is 0 Å². The molecule has 0 heterocycles. The lowest BCUT2D eigenvalue weighted by Gasteiger charge is -1.97. The molecular weight excluding hydrogens is 126 g/mol. The molecule has 0 saturated carbocycles. The van der Waals surface area contributed by atoms with Crippen molar-refractivity contribution in [1.82, 2.24) is 0 Å². The average Bonchev–Trinajstić information content (AvgIpc) is 1.98. The molecule has 0 saturated heterocycles. The monoisotopic (exact) mass is 141 g/mol. The smallest absolute Gasteiger partial charge is 0.0891 e. The number of nitrogens with zero attached hydrogens (tertiary/aromatic N) is 1. The molecule has 2 heteroatoms. The van der Waals surface area contributed by atoms with Gasteiger partial charge in [-0.05, 0) is 33.1 Å². The molecule has 0 aromatic heterocycles. The van der Waals surface area contributed by atoms with E-state index in [1.807, 2.05) is 19.9 Å². The van der Waals surface area contributed by atoms with Crippen LogP contribution < -0.4 is 0 Å². The second kappa shape index (κ2) is 6.46. The first-order valence-corrected chi connectivity index (χ1v) is 3.75. The Kier molecular flexibility index (Phi) is 6.03. The molecule has 0 spiro atoms. The highest BCUT2D eigenvalue weighted by molar-refractivity contribution is 4.76. The zero-order valence-electron chi connectivity index (χ0n) is 6.71. The molecule has 0 fully saturated rings. The SMILES string of the molecule is C/C=C\CCCC(C)N=O. The van der Waals surface area contributed by atoms with Crippen LogP contribution in [-0.2, 0) is 0 Å². The van der Waals surface area contributed by atoms with Crippen molar-refractivity contribution in [2.75, 3.05) is 0 Å². The molecule has 10 heavy (non-hydrogen) atoms. The minimum Gasteiger partial charge on any atom is -0.151 e. The van der Waals surface area contributed by atoms with E-state index < -0.39 is 0 Å². The Morgan fingerprint density at radius 2 is 2.30 bits per heavy atom. The van der Waals surface area contributed by atoms with E-state index in [2.05, 4.69) is 11.3 Å². The topological polar surface area (TPSA) is 29.4 Å². The van der Waals surface area contributed by atoms with Crippen molar-refractivity contribution in [2.24, 2.45) is 5.18 Å². The Morgan fingerprint density at radius 3 is 2.80 bits per heavy atom. The third-order valence-electron chi connectivity index (χ3n) is 1.41. The van der Waals surface area contributed by atoms with E-state index in [1.165, 1.54) is 0 Å².